The Bertz CT molecular complexity index is 550. The molecule has 0 spiro atoms. The van der Waals surface area contributed by atoms with Gasteiger partial charge in [0.1, 0.15) is 5.82 Å². The zero-order valence-electron chi connectivity index (χ0n) is 7.96. The molecule has 0 unspecified atom stereocenters. The Hall–Kier alpha value is -1.20. The summed E-state index contributed by atoms with van der Waals surface area (Å²) in [6.07, 6.45) is 0.585. The van der Waals surface area contributed by atoms with Crippen LogP contribution in [0.4, 0.5) is 0 Å². The number of aromatic nitrogens is 2. The lowest BCUT2D eigenvalue weighted by atomic mass is 10.2. The summed E-state index contributed by atoms with van der Waals surface area (Å²) in [6, 6.07) is 5.43. The fraction of sp³-hybridized carbons (Fsp3) is 0.200. The van der Waals surface area contributed by atoms with Crippen LogP contribution >= 0.6 is 15.9 Å². The van der Waals surface area contributed by atoms with E-state index in [4.69, 9.17) is 5.73 Å². The smallest absolute Gasteiger partial charge is 0.258 e. The zero-order valence-corrected chi connectivity index (χ0v) is 9.54. The van der Waals surface area contributed by atoms with Gasteiger partial charge in [0.25, 0.3) is 5.56 Å². The number of rotatable bonds is 2. The van der Waals surface area contributed by atoms with E-state index in [0.29, 0.717) is 29.7 Å². The number of fused-ring (bicyclic) bond motifs is 1. The van der Waals surface area contributed by atoms with Crippen molar-refractivity contribution in [1.82, 2.24) is 9.97 Å². The van der Waals surface area contributed by atoms with E-state index in [-0.39, 0.29) is 5.56 Å². The maximum atomic E-state index is 11.7. The highest BCUT2D eigenvalue weighted by atomic mass is 79.9. The highest BCUT2D eigenvalue weighted by Crippen LogP contribution is 2.14. The number of aromatic amines is 1. The quantitative estimate of drug-likeness (QED) is 0.859. The van der Waals surface area contributed by atoms with Crippen LogP contribution in [0.3, 0.4) is 0 Å². The van der Waals surface area contributed by atoms with Gasteiger partial charge in [0, 0.05) is 10.9 Å². The summed E-state index contributed by atoms with van der Waals surface area (Å²) in [5.74, 6) is 0.636. The zero-order chi connectivity index (χ0) is 10.8. The minimum atomic E-state index is -0.121. The molecule has 1 aromatic carbocycles. The molecule has 4 nitrogen and oxygen atoms in total. The largest absolute Gasteiger partial charge is 0.330 e. The molecular formula is C10H10BrN3O. The Kier molecular flexibility index (Phi) is 2.83. The maximum Gasteiger partial charge on any atom is 0.258 e. The van der Waals surface area contributed by atoms with Gasteiger partial charge >= 0.3 is 0 Å². The summed E-state index contributed by atoms with van der Waals surface area (Å²) in [5, 5.41) is 0.588. The van der Waals surface area contributed by atoms with Crippen molar-refractivity contribution in [2.24, 2.45) is 5.73 Å². The second kappa shape index (κ2) is 4.12. The summed E-state index contributed by atoms with van der Waals surface area (Å²) in [6.45, 7) is 0.477. The van der Waals surface area contributed by atoms with E-state index in [1.165, 1.54) is 0 Å². The van der Waals surface area contributed by atoms with E-state index in [1.807, 2.05) is 12.1 Å². The second-order valence-electron chi connectivity index (χ2n) is 3.21. The molecule has 0 atom stereocenters. The fourth-order valence-electron chi connectivity index (χ4n) is 1.41. The Balaban J connectivity index is 2.67. The van der Waals surface area contributed by atoms with E-state index in [2.05, 4.69) is 25.9 Å². The number of nitrogens with one attached hydrogen (secondary N) is 1. The van der Waals surface area contributed by atoms with Crippen LogP contribution < -0.4 is 11.3 Å². The molecule has 78 valence electrons. The molecule has 0 fully saturated rings. The average Bonchev–Trinajstić information content (AvgIpc) is 2.20. The molecule has 2 aromatic rings. The Morgan fingerprint density at radius 1 is 1.47 bits per heavy atom. The van der Waals surface area contributed by atoms with Gasteiger partial charge in [-0.05, 0) is 24.7 Å². The third kappa shape index (κ3) is 2.08. The minimum Gasteiger partial charge on any atom is -0.330 e. The number of benzene rings is 1. The van der Waals surface area contributed by atoms with Crippen molar-refractivity contribution in [1.29, 1.82) is 0 Å². The van der Waals surface area contributed by atoms with Crippen molar-refractivity contribution in [2.75, 3.05) is 6.54 Å². The minimum absolute atomic E-state index is 0.121. The van der Waals surface area contributed by atoms with Crippen LogP contribution in [0.5, 0.6) is 0 Å². The third-order valence-electron chi connectivity index (χ3n) is 2.10. The molecule has 0 saturated carbocycles. The first-order valence-corrected chi connectivity index (χ1v) is 5.38. The number of halogens is 1. The van der Waals surface area contributed by atoms with Crippen molar-refractivity contribution in [3.05, 3.63) is 38.9 Å². The molecule has 0 aliphatic carbocycles. The van der Waals surface area contributed by atoms with Crippen molar-refractivity contribution in [2.45, 2.75) is 6.42 Å². The number of nitrogens with two attached hydrogens (primary N) is 1. The Labute approximate surface area is 94.7 Å². The predicted molar refractivity (Wildman–Crippen MR) is 62.8 cm³/mol. The second-order valence-corrected chi connectivity index (χ2v) is 4.13. The van der Waals surface area contributed by atoms with Gasteiger partial charge in [0.15, 0.2) is 0 Å². The molecule has 0 aliphatic heterocycles. The van der Waals surface area contributed by atoms with Crippen molar-refractivity contribution >= 4 is 26.8 Å². The van der Waals surface area contributed by atoms with Crippen LogP contribution in [0.25, 0.3) is 10.9 Å². The van der Waals surface area contributed by atoms with Gasteiger partial charge in [0.05, 0.1) is 10.9 Å². The Morgan fingerprint density at radius 3 is 3.00 bits per heavy atom. The standard InChI is InChI=1S/C10H10BrN3O/c11-6-1-2-8-7(5-6)10(15)14-9(13-8)3-4-12/h1-2,5H,3-4,12H2,(H,13,14,15). The molecule has 1 aromatic heterocycles. The highest BCUT2D eigenvalue weighted by Gasteiger charge is 2.03. The molecule has 0 amide bonds. The molecule has 0 aliphatic rings. The third-order valence-corrected chi connectivity index (χ3v) is 2.59. The lowest BCUT2D eigenvalue weighted by molar-refractivity contribution is 0.870. The number of hydrogen-bond donors (Lipinski definition) is 2. The molecule has 0 bridgehead atoms. The highest BCUT2D eigenvalue weighted by molar-refractivity contribution is 9.10. The van der Waals surface area contributed by atoms with E-state index in [9.17, 15) is 4.79 Å². The summed E-state index contributed by atoms with van der Waals surface area (Å²) in [7, 11) is 0. The predicted octanol–water partition coefficient (Wildman–Crippen LogP) is 1.19. The maximum absolute atomic E-state index is 11.7. The van der Waals surface area contributed by atoms with Gasteiger partial charge in [0.2, 0.25) is 0 Å². The van der Waals surface area contributed by atoms with Crippen LogP contribution in [0.2, 0.25) is 0 Å². The molecular weight excluding hydrogens is 258 g/mol. The van der Waals surface area contributed by atoms with Gasteiger partial charge in [-0.2, -0.15) is 0 Å². The van der Waals surface area contributed by atoms with Gasteiger partial charge in [-0.25, -0.2) is 4.98 Å². The number of nitrogens with zero attached hydrogens (tertiary/aromatic N) is 1. The molecule has 0 saturated heterocycles. The summed E-state index contributed by atoms with van der Waals surface area (Å²) in [5.41, 5.74) is 5.99. The molecule has 2 rings (SSSR count). The first kappa shape index (κ1) is 10.3. The first-order valence-electron chi connectivity index (χ1n) is 4.59. The summed E-state index contributed by atoms with van der Waals surface area (Å²) >= 11 is 3.32. The normalized spacial score (nSPS) is 10.8. The number of H-pyrrole nitrogens is 1. The van der Waals surface area contributed by atoms with Crippen molar-refractivity contribution in [3.63, 3.8) is 0 Å². The SMILES string of the molecule is NCCc1nc2ccc(Br)cc2c(=O)[nH]1. The number of hydrogen-bond acceptors (Lipinski definition) is 3. The van der Waals surface area contributed by atoms with Crippen LogP contribution in [0, 0.1) is 0 Å². The average molecular weight is 268 g/mol. The monoisotopic (exact) mass is 267 g/mol. The topological polar surface area (TPSA) is 71.8 Å². The van der Waals surface area contributed by atoms with Crippen molar-refractivity contribution < 1.29 is 0 Å². The van der Waals surface area contributed by atoms with Crippen molar-refractivity contribution in [3.8, 4) is 0 Å². The van der Waals surface area contributed by atoms with E-state index >= 15 is 0 Å². The van der Waals surface area contributed by atoms with Gasteiger partial charge in [-0.15, -0.1) is 0 Å². The van der Waals surface area contributed by atoms with Crippen LogP contribution in [0.1, 0.15) is 5.82 Å². The summed E-state index contributed by atoms with van der Waals surface area (Å²) < 4.78 is 0.869. The first-order chi connectivity index (χ1) is 7.20. The molecule has 1 heterocycles. The van der Waals surface area contributed by atoms with Crippen LogP contribution in [0.15, 0.2) is 27.5 Å². The van der Waals surface area contributed by atoms with Gasteiger partial charge in [-0.3, -0.25) is 4.79 Å². The Morgan fingerprint density at radius 2 is 2.27 bits per heavy atom. The van der Waals surface area contributed by atoms with Gasteiger partial charge < -0.3 is 10.7 Å². The van der Waals surface area contributed by atoms with E-state index in [1.54, 1.807) is 6.07 Å². The summed E-state index contributed by atoms with van der Waals surface area (Å²) in [4.78, 5) is 18.7. The molecule has 15 heavy (non-hydrogen) atoms. The van der Waals surface area contributed by atoms with Crippen LogP contribution in [-0.4, -0.2) is 16.5 Å². The lowest BCUT2D eigenvalue weighted by Gasteiger charge is -2.01. The lowest BCUT2D eigenvalue weighted by Crippen LogP contribution is -2.14. The molecule has 5 heteroatoms. The van der Waals surface area contributed by atoms with E-state index < -0.39 is 0 Å². The fourth-order valence-corrected chi connectivity index (χ4v) is 1.78. The van der Waals surface area contributed by atoms with E-state index in [0.717, 1.165) is 4.47 Å². The molecule has 3 N–H and O–H groups in total. The van der Waals surface area contributed by atoms with Crippen LogP contribution in [-0.2, 0) is 6.42 Å². The van der Waals surface area contributed by atoms with Gasteiger partial charge in [-0.1, -0.05) is 15.9 Å². The molecule has 0 radical (unpaired) electrons.